The summed E-state index contributed by atoms with van der Waals surface area (Å²) in [7, 11) is -3.86. The van der Waals surface area contributed by atoms with Crippen LogP contribution in [-0.2, 0) is 24.4 Å². The van der Waals surface area contributed by atoms with Gasteiger partial charge in [0.2, 0.25) is 0 Å². The molecule has 0 saturated heterocycles. The lowest BCUT2D eigenvalue weighted by Gasteiger charge is -2.09. The number of nitrogens with zero attached hydrogens (tertiary/aromatic N) is 3. The monoisotopic (exact) mass is 498 g/mol. The summed E-state index contributed by atoms with van der Waals surface area (Å²) in [6.07, 6.45) is 2.40. The van der Waals surface area contributed by atoms with Crippen molar-refractivity contribution in [3.8, 4) is 0 Å². The minimum Gasteiger partial charge on any atom is -0.447 e. The molecule has 0 radical (unpaired) electrons. The van der Waals surface area contributed by atoms with Crippen LogP contribution in [0, 0.1) is 6.92 Å². The second-order valence-electron chi connectivity index (χ2n) is 8.23. The van der Waals surface area contributed by atoms with Crippen molar-refractivity contribution in [3.05, 3.63) is 65.9 Å². The molecule has 2 heterocycles. The predicted octanol–water partition coefficient (Wildman–Crippen LogP) is 4.44. The predicted molar refractivity (Wildman–Crippen MR) is 127 cm³/mol. The molecule has 184 valence electrons. The van der Waals surface area contributed by atoms with E-state index < -0.39 is 34.2 Å². The quantitative estimate of drug-likeness (QED) is 0.379. The fourth-order valence-electron chi connectivity index (χ4n) is 3.76. The number of hydrogen-bond acceptors (Lipinski definition) is 8. The molecule has 0 fully saturated rings. The molecule has 4 rings (SSSR count). The van der Waals surface area contributed by atoms with Crippen molar-refractivity contribution in [2.75, 3.05) is 6.61 Å². The molecule has 1 aliphatic rings. The second-order valence-corrected chi connectivity index (χ2v) is 10.0. The molecule has 3 aromatic rings. The summed E-state index contributed by atoms with van der Waals surface area (Å²) < 4.78 is 32.9. The lowest BCUT2D eigenvalue weighted by atomic mass is 10.0. The van der Waals surface area contributed by atoms with Gasteiger partial charge in [-0.1, -0.05) is 49.2 Å². The number of azo groups is 1. The van der Waals surface area contributed by atoms with Crippen molar-refractivity contribution in [2.45, 2.75) is 50.1 Å². The molecular formula is C24H26N4O6S. The number of nitrogens with one attached hydrogen (secondary N) is 1. The van der Waals surface area contributed by atoms with Gasteiger partial charge < -0.3 is 9.57 Å². The Kier molecular flexibility index (Phi) is 7.15. The summed E-state index contributed by atoms with van der Waals surface area (Å²) in [5, 5.41) is 8.88. The molecule has 2 atom stereocenters. The van der Waals surface area contributed by atoms with Gasteiger partial charge in [0.05, 0.1) is 17.0 Å². The maximum atomic E-state index is 13.4. The molecule has 11 heteroatoms. The van der Waals surface area contributed by atoms with E-state index >= 15 is 0 Å². The summed E-state index contributed by atoms with van der Waals surface area (Å²) in [4.78, 5) is 28.9. The number of amides is 1. The van der Waals surface area contributed by atoms with Gasteiger partial charge in [-0.05, 0) is 31.5 Å². The summed E-state index contributed by atoms with van der Waals surface area (Å²) in [5.41, 5.74) is 4.03. The highest BCUT2D eigenvalue weighted by atomic mass is 32.2. The van der Waals surface area contributed by atoms with E-state index in [1.807, 2.05) is 19.3 Å². The Morgan fingerprint density at radius 2 is 1.86 bits per heavy atom. The van der Waals surface area contributed by atoms with Crippen LogP contribution in [0.4, 0.5) is 4.79 Å². The topological polar surface area (TPSA) is 128 Å². The van der Waals surface area contributed by atoms with Crippen molar-refractivity contribution < 1.29 is 27.6 Å². The van der Waals surface area contributed by atoms with Crippen LogP contribution in [-0.4, -0.2) is 37.1 Å². The molecule has 2 aromatic carbocycles. The highest BCUT2D eigenvalue weighted by molar-refractivity contribution is 7.90. The first-order valence-corrected chi connectivity index (χ1v) is 12.7. The van der Waals surface area contributed by atoms with Gasteiger partial charge in [0.1, 0.15) is 6.04 Å². The SMILES string of the molecule is CCCCOC(=O)NOC(=O)C1CC(c2cn(S(=O)(=O)c3ccc(C)cc3)c3ccccc23)N=N1. The van der Waals surface area contributed by atoms with Gasteiger partial charge in [0.25, 0.3) is 10.0 Å². The highest BCUT2D eigenvalue weighted by Crippen LogP contribution is 2.37. The average molecular weight is 499 g/mol. The Balaban J connectivity index is 1.52. The zero-order chi connectivity index (χ0) is 25.0. The van der Waals surface area contributed by atoms with Gasteiger partial charge in [-0.25, -0.2) is 22.0 Å². The summed E-state index contributed by atoms with van der Waals surface area (Å²) in [6.45, 7) is 4.07. The number of rotatable bonds is 7. The third-order valence-corrected chi connectivity index (χ3v) is 7.36. The lowest BCUT2D eigenvalue weighted by Crippen LogP contribution is -2.32. The molecule has 35 heavy (non-hydrogen) atoms. The standard InChI is InChI=1S/C24H26N4O6S/c1-3-4-13-33-24(30)27-34-23(29)21-14-20(25-26-21)19-15-28(22-8-6-5-7-18(19)22)35(31,32)17-11-9-16(2)10-12-17/h5-12,15,20-21H,3-4,13-14H2,1-2H3,(H,27,30). The molecule has 0 saturated carbocycles. The van der Waals surface area contributed by atoms with Crippen molar-refractivity contribution in [2.24, 2.45) is 10.2 Å². The van der Waals surface area contributed by atoms with Crippen LogP contribution in [0.15, 0.2) is 69.9 Å². The van der Waals surface area contributed by atoms with Crippen LogP contribution in [0.3, 0.4) is 0 Å². The van der Waals surface area contributed by atoms with E-state index in [1.165, 1.54) is 10.2 Å². The Bertz CT molecular complexity index is 1360. The maximum absolute atomic E-state index is 13.4. The van der Waals surface area contributed by atoms with Crippen LogP contribution in [0.1, 0.15) is 43.4 Å². The van der Waals surface area contributed by atoms with Gasteiger partial charge >= 0.3 is 12.1 Å². The Hall–Kier alpha value is -3.73. The zero-order valence-corrected chi connectivity index (χ0v) is 20.2. The van der Waals surface area contributed by atoms with Crippen molar-refractivity contribution in [1.29, 1.82) is 0 Å². The van der Waals surface area contributed by atoms with E-state index in [9.17, 15) is 18.0 Å². The number of hydrogen-bond donors (Lipinski definition) is 1. The van der Waals surface area contributed by atoms with Gasteiger partial charge in [0, 0.05) is 23.6 Å². The molecule has 1 aromatic heterocycles. The van der Waals surface area contributed by atoms with E-state index in [1.54, 1.807) is 48.5 Å². The third-order valence-electron chi connectivity index (χ3n) is 5.68. The number of para-hydroxylation sites is 1. The van der Waals surface area contributed by atoms with Crippen molar-refractivity contribution in [1.82, 2.24) is 9.45 Å². The van der Waals surface area contributed by atoms with Crippen LogP contribution < -0.4 is 5.48 Å². The largest absolute Gasteiger partial charge is 0.447 e. The van der Waals surface area contributed by atoms with Crippen LogP contribution >= 0.6 is 0 Å². The minimum atomic E-state index is -3.86. The third kappa shape index (κ3) is 5.19. The van der Waals surface area contributed by atoms with E-state index in [0.717, 1.165) is 12.0 Å². The number of benzene rings is 2. The number of carbonyl (C=O) groups is 2. The number of ether oxygens (including phenoxy) is 1. The molecule has 1 N–H and O–H groups in total. The molecule has 1 aliphatic heterocycles. The van der Waals surface area contributed by atoms with Crippen LogP contribution in [0.2, 0.25) is 0 Å². The maximum Gasteiger partial charge on any atom is 0.440 e. The van der Waals surface area contributed by atoms with Gasteiger partial charge in [-0.3, -0.25) is 0 Å². The molecule has 10 nitrogen and oxygen atoms in total. The number of unbranched alkanes of at least 4 members (excludes halogenated alkanes) is 1. The summed E-state index contributed by atoms with van der Waals surface area (Å²) in [6, 6.07) is 12.2. The Labute approximate surface area is 202 Å². The second kappa shape index (κ2) is 10.3. The van der Waals surface area contributed by atoms with E-state index in [4.69, 9.17) is 9.57 Å². The highest BCUT2D eigenvalue weighted by Gasteiger charge is 2.34. The fraction of sp³-hybridized carbons (Fsp3) is 0.333. The number of aryl methyl sites for hydroxylation is 1. The van der Waals surface area contributed by atoms with E-state index in [2.05, 4.69) is 10.2 Å². The molecule has 2 unspecified atom stereocenters. The molecular weight excluding hydrogens is 472 g/mol. The van der Waals surface area contributed by atoms with Gasteiger partial charge in [-0.2, -0.15) is 10.2 Å². The summed E-state index contributed by atoms with van der Waals surface area (Å²) in [5.74, 6) is -0.778. The lowest BCUT2D eigenvalue weighted by molar-refractivity contribution is -0.151. The first kappa shape index (κ1) is 24.4. The van der Waals surface area contributed by atoms with Gasteiger partial charge in [-0.15, -0.1) is 5.48 Å². The van der Waals surface area contributed by atoms with E-state index in [-0.39, 0.29) is 17.9 Å². The Morgan fingerprint density at radius 1 is 1.11 bits per heavy atom. The average Bonchev–Trinajstić information content (AvgIpc) is 3.48. The number of carbonyl (C=O) groups excluding carboxylic acids is 2. The van der Waals surface area contributed by atoms with Gasteiger partial charge in [0.15, 0.2) is 6.04 Å². The van der Waals surface area contributed by atoms with Crippen LogP contribution in [0.5, 0.6) is 0 Å². The first-order chi connectivity index (χ1) is 16.8. The van der Waals surface area contributed by atoms with Crippen molar-refractivity contribution in [3.63, 3.8) is 0 Å². The minimum absolute atomic E-state index is 0.168. The normalized spacial score (nSPS) is 17.4. The zero-order valence-electron chi connectivity index (χ0n) is 19.4. The Morgan fingerprint density at radius 3 is 2.60 bits per heavy atom. The molecule has 1 amide bonds. The van der Waals surface area contributed by atoms with E-state index in [0.29, 0.717) is 22.9 Å². The number of aromatic nitrogens is 1. The first-order valence-electron chi connectivity index (χ1n) is 11.3. The van der Waals surface area contributed by atoms with Crippen molar-refractivity contribution >= 4 is 33.0 Å². The smallest absolute Gasteiger partial charge is 0.440 e. The molecule has 0 bridgehead atoms. The summed E-state index contributed by atoms with van der Waals surface area (Å²) >= 11 is 0. The number of fused-ring (bicyclic) bond motifs is 1. The van der Waals surface area contributed by atoms with Crippen LogP contribution in [0.25, 0.3) is 10.9 Å². The molecule has 0 spiro atoms. The number of hydroxylamine groups is 1. The molecule has 0 aliphatic carbocycles. The fourth-order valence-corrected chi connectivity index (χ4v) is 5.14.